The van der Waals surface area contributed by atoms with E-state index in [4.69, 9.17) is 0 Å². The molecule has 0 nitrogen and oxygen atoms in total. The zero-order valence-corrected chi connectivity index (χ0v) is 30.1. The summed E-state index contributed by atoms with van der Waals surface area (Å²) in [6.07, 6.45) is 26.5. The third-order valence-electron chi connectivity index (χ3n) is 10.3. The number of benzene rings is 2. The first kappa shape index (κ1) is 29.3. The van der Waals surface area contributed by atoms with Gasteiger partial charge in [0.05, 0.1) is 0 Å². The largest absolute Gasteiger partial charge is 0.249 e. The fourth-order valence-corrected chi connectivity index (χ4v) is 23.1. The van der Waals surface area contributed by atoms with Crippen LogP contribution in [0, 0.1) is 27.7 Å². The van der Waals surface area contributed by atoms with Crippen LogP contribution in [-0.4, -0.2) is 84.6 Å². The summed E-state index contributed by atoms with van der Waals surface area (Å²) in [7, 11) is -3.05. The molecule has 0 spiro atoms. The van der Waals surface area contributed by atoms with Crippen LogP contribution in [0.1, 0.15) is 66.8 Å². The Kier molecular flexibility index (Phi) is 7.08. The Labute approximate surface area is 242 Å². The first-order valence-electron chi connectivity index (χ1n) is 14.2. The number of hydrogen-bond donors (Lipinski definition) is 0. The maximum Gasteiger partial charge on any atom is 0.0252 e. The van der Waals surface area contributed by atoms with Gasteiger partial charge in [-0.1, -0.05) is 24.3 Å². The van der Waals surface area contributed by atoms with Crippen LogP contribution in [0.15, 0.2) is 24.3 Å². The highest BCUT2D eigenvalue weighted by molar-refractivity contribution is 8.39. The zero-order valence-electron chi connectivity index (χ0n) is 26.8. The van der Waals surface area contributed by atoms with Gasteiger partial charge in [-0.3, -0.25) is 0 Å². The minimum atomic E-state index is -0.912. The van der Waals surface area contributed by atoms with Crippen LogP contribution in [0.25, 0.3) is 0 Å². The minimum absolute atomic E-state index is 0.615. The molecule has 6 unspecified atom stereocenters. The molecule has 1 fully saturated rings. The molecule has 2 aromatic carbocycles. The summed E-state index contributed by atoms with van der Waals surface area (Å²) in [5, 5.41) is 3.13. The van der Waals surface area contributed by atoms with Gasteiger partial charge in [0.15, 0.2) is 0 Å². The Morgan fingerprint density at radius 3 is 1.03 bits per heavy atom. The van der Waals surface area contributed by atoms with Crippen molar-refractivity contribution >= 4 is 40.1 Å². The van der Waals surface area contributed by atoms with Crippen molar-refractivity contribution in [3.8, 4) is 0 Å². The van der Waals surface area contributed by atoms with Crippen LogP contribution in [0.2, 0.25) is 0 Å². The summed E-state index contributed by atoms with van der Waals surface area (Å²) in [4.78, 5) is 0. The number of rotatable bonds is 4. The van der Waals surface area contributed by atoms with Crippen molar-refractivity contribution in [3.05, 3.63) is 68.8 Å². The molecule has 5 rings (SSSR count). The Morgan fingerprint density at radius 1 is 0.500 bits per heavy atom. The van der Waals surface area contributed by atoms with E-state index in [1.165, 1.54) is 33.8 Å². The summed E-state index contributed by atoms with van der Waals surface area (Å²) < 4.78 is 0. The number of hydrogen-bond acceptors (Lipinski definition) is 0. The van der Waals surface area contributed by atoms with Gasteiger partial charge < -0.3 is 0 Å². The van der Waals surface area contributed by atoms with Gasteiger partial charge >= 0.3 is 0 Å². The topological polar surface area (TPSA) is 0 Å². The first-order valence-corrected chi connectivity index (χ1v) is 25.4. The van der Waals surface area contributed by atoms with Gasteiger partial charge in [0.2, 0.25) is 0 Å². The summed E-state index contributed by atoms with van der Waals surface area (Å²) in [5.74, 6) is 4.23. The Bertz CT molecular complexity index is 1170. The number of aryl methyl sites for hydroxylation is 4. The van der Waals surface area contributed by atoms with Gasteiger partial charge in [-0.25, -0.2) is 40.1 Å². The van der Waals surface area contributed by atoms with E-state index >= 15 is 0 Å². The molecule has 0 radical (unpaired) electrons. The molecule has 1 saturated heterocycles. The average Bonchev–Trinajstić information content (AvgIpc) is 3.21. The normalized spacial score (nSPS) is 33.5. The lowest BCUT2D eigenvalue weighted by atomic mass is 9.98. The van der Waals surface area contributed by atoms with Gasteiger partial charge in [-0.05, 0) is 146 Å². The van der Waals surface area contributed by atoms with E-state index in [0.717, 1.165) is 32.8 Å². The highest BCUT2D eigenvalue weighted by Crippen LogP contribution is 2.87. The Hall–Kier alpha value is -0.160. The van der Waals surface area contributed by atoms with Crippen LogP contribution in [-0.2, 0) is 0 Å². The average molecular weight is 593 g/mol. The van der Waals surface area contributed by atoms with E-state index in [2.05, 4.69) is 115 Å². The molecule has 6 atom stereocenters. The highest BCUT2D eigenvalue weighted by Gasteiger charge is 2.64. The molecular weight excluding hydrogens is 537 g/mol. The summed E-state index contributed by atoms with van der Waals surface area (Å²) in [6.45, 7) is 9.43. The molecular formula is C34H56S4. The quantitative estimate of drug-likeness (QED) is 0.332. The monoisotopic (exact) mass is 592 g/mol. The second-order valence-electron chi connectivity index (χ2n) is 15.6. The Balaban J connectivity index is 1.79. The molecule has 0 bridgehead atoms. The fourth-order valence-electron chi connectivity index (χ4n) is 8.60. The minimum Gasteiger partial charge on any atom is -0.249 e. The van der Waals surface area contributed by atoms with E-state index in [9.17, 15) is 0 Å². The van der Waals surface area contributed by atoms with Crippen LogP contribution < -0.4 is 0 Å². The highest BCUT2D eigenvalue weighted by atomic mass is 32.3. The molecule has 3 aliphatic rings. The molecule has 0 amide bonds. The van der Waals surface area contributed by atoms with Crippen molar-refractivity contribution in [2.24, 2.45) is 0 Å². The first-order chi connectivity index (χ1) is 17.3. The summed E-state index contributed by atoms with van der Waals surface area (Å²) in [5.41, 5.74) is 13.1. The van der Waals surface area contributed by atoms with Crippen molar-refractivity contribution < 1.29 is 0 Å². The van der Waals surface area contributed by atoms with E-state index in [0.29, 0.717) is 0 Å². The van der Waals surface area contributed by atoms with Gasteiger partial charge in [-0.15, -0.1) is 0 Å². The molecule has 1 aliphatic heterocycles. The van der Waals surface area contributed by atoms with Gasteiger partial charge in [0.1, 0.15) is 0 Å². The van der Waals surface area contributed by atoms with Crippen LogP contribution in [0.3, 0.4) is 0 Å². The van der Waals surface area contributed by atoms with E-state index in [-0.39, 0.29) is 0 Å². The molecule has 38 heavy (non-hydrogen) atoms. The van der Waals surface area contributed by atoms with Crippen molar-refractivity contribution in [1.29, 1.82) is 0 Å². The lowest BCUT2D eigenvalue weighted by molar-refractivity contribution is 0.682. The molecule has 4 heteroatoms. The van der Waals surface area contributed by atoms with Crippen molar-refractivity contribution in [3.63, 3.8) is 0 Å². The van der Waals surface area contributed by atoms with Crippen molar-refractivity contribution in [2.75, 3.05) is 74.1 Å². The Morgan fingerprint density at radius 2 is 0.763 bits per heavy atom. The molecule has 2 aromatic rings. The second-order valence-corrected chi connectivity index (χ2v) is 32.7. The number of fused-ring (bicyclic) bond motifs is 6. The van der Waals surface area contributed by atoms with Crippen molar-refractivity contribution in [1.82, 2.24) is 0 Å². The molecule has 1 heterocycles. The van der Waals surface area contributed by atoms with Crippen LogP contribution in [0.5, 0.6) is 0 Å². The lowest BCUT2D eigenvalue weighted by Gasteiger charge is -2.65. The maximum absolute atomic E-state index is 2.79. The van der Waals surface area contributed by atoms with E-state index < -0.39 is 40.1 Å². The van der Waals surface area contributed by atoms with E-state index in [1.807, 2.05) is 0 Å². The summed E-state index contributed by atoms with van der Waals surface area (Å²) in [6, 6.07) is 10.6. The zero-order chi connectivity index (χ0) is 28.3. The third kappa shape index (κ3) is 4.54. The van der Waals surface area contributed by atoms with Gasteiger partial charge in [-0.2, -0.15) is 0 Å². The van der Waals surface area contributed by atoms with Crippen molar-refractivity contribution in [2.45, 2.75) is 60.5 Å². The predicted molar refractivity (Wildman–Crippen MR) is 190 cm³/mol. The molecule has 0 saturated carbocycles. The van der Waals surface area contributed by atoms with Crippen LogP contribution in [0.4, 0.5) is 0 Å². The molecule has 0 N–H and O–H groups in total. The van der Waals surface area contributed by atoms with E-state index in [1.54, 1.807) is 22.3 Å². The molecule has 2 aliphatic carbocycles. The molecule has 0 aromatic heterocycles. The SMILES string of the molecule is Cc1cc2c(cc1C)C1C(C2CS(C)(C)C)S(C)(C)C2c3cc(C)c(C)cc3C(CS(C)(C)C)C2S1(C)C. The van der Waals surface area contributed by atoms with Gasteiger partial charge in [0.25, 0.3) is 0 Å². The lowest BCUT2D eigenvalue weighted by Crippen LogP contribution is -2.45. The smallest absolute Gasteiger partial charge is 0.0252 e. The van der Waals surface area contributed by atoms with Gasteiger partial charge in [0, 0.05) is 32.8 Å². The standard InChI is InChI=1S/C34H56S4/c1-21-15-25-27(17-23(21)3)31-33(29(25)19-35(5,6)7)38(13,14)32-28-18-24(4)22(2)16-26(28)30(20-36(8,9)10)34(32)37(31,11)12/h15-18,29-34H,19-20H2,1-14H3. The van der Waals surface area contributed by atoms with Crippen LogP contribution >= 0.6 is 40.1 Å². The second kappa shape index (κ2) is 9.17. The molecule has 216 valence electrons. The fraction of sp³-hybridized carbons (Fsp3) is 0.647. The maximum atomic E-state index is 2.79. The third-order valence-corrected chi connectivity index (χ3v) is 21.1. The summed E-state index contributed by atoms with van der Waals surface area (Å²) >= 11 is 0. The predicted octanol–water partition coefficient (Wildman–Crippen LogP) is 9.16.